The predicted molar refractivity (Wildman–Crippen MR) is 120 cm³/mol. The van der Waals surface area contributed by atoms with Crippen molar-refractivity contribution in [1.29, 1.82) is 0 Å². The predicted octanol–water partition coefficient (Wildman–Crippen LogP) is 2.66. The first-order chi connectivity index (χ1) is 15.5. The molecule has 0 unspecified atom stereocenters. The van der Waals surface area contributed by atoms with Crippen molar-refractivity contribution in [1.82, 2.24) is 14.9 Å². The van der Waals surface area contributed by atoms with Crippen LogP contribution < -0.4 is 9.47 Å². The molecule has 8 heteroatoms. The molecule has 32 heavy (non-hydrogen) atoms. The van der Waals surface area contributed by atoms with Gasteiger partial charge in [-0.1, -0.05) is 18.2 Å². The minimum atomic E-state index is -1.14. The van der Waals surface area contributed by atoms with Gasteiger partial charge in [0.2, 0.25) is 5.91 Å². The van der Waals surface area contributed by atoms with Crippen molar-refractivity contribution in [2.45, 2.75) is 18.9 Å². The Hall–Kier alpha value is -3.81. The summed E-state index contributed by atoms with van der Waals surface area (Å²) in [5.41, 5.74) is 2.32. The van der Waals surface area contributed by atoms with Crippen LogP contribution in [0.5, 0.6) is 11.5 Å². The van der Waals surface area contributed by atoms with E-state index in [2.05, 4.69) is 10.1 Å². The third-order valence-corrected chi connectivity index (χ3v) is 6.44. The van der Waals surface area contributed by atoms with Crippen molar-refractivity contribution in [3.8, 4) is 11.5 Å². The van der Waals surface area contributed by atoms with E-state index in [4.69, 9.17) is 9.47 Å². The van der Waals surface area contributed by atoms with E-state index in [1.165, 1.54) is 11.2 Å². The molecule has 1 saturated heterocycles. The largest absolute Gasteiger partial charge is 0.497 e. The topological polar surface area (TPSA) is 87.2 Å². The molecule has 2 amide bonds. The van der Waals surface area contributed by atoms with Crippen molar-refractivity contribution in [2.75, 3.05) is 27.3 Å². The van der Waals surface area contributed by atoms with Crippen molar-refractivity contribution in [2.24, 2.45) is 5.10 Å². The number of nitrogens with one attached hydrogen (secondary N) is 1. The number of carbonyl (C=O) groups is 2. The number of nitrogens with zero attached hydrogens (tertiary/aromatic N) is 3. The van der Waals surface area contributed by atoms with Gasteiger partial charge in [-0.2, -0.15) is 5.10 Å². The second-order valence-electron chi connectivity index (χ2n) is 8.11. The van der Waals surface area contributed by atoms with Crippen LogP contribution in [-0.2, 0) is 21.5 Å². The molecule has 2 aliphatic rings. The van der Waals surface area contributed by atoms with Gasteiger partial charge < -0.3 is 19.4 Å². The molecular formula is C24H24N4O4. The molecule has 2 aromatic carbocycles. The van der Waals surface area contributed by atoms with Crippen molar-refractivity contribution < 1.29 is 19.1 Å². The smallest absolute Gasteiger partial charge is 0.275 e. The number of hydrogen-bond donors (Lipinski definition) is 1. The SMILES string of the molecule is COc1ccc(OC)c(/C=N\N2CC(=O)N3CCc4c([nH]c5ccccc45)[C@]3(C)C2=O)c1. The Morgan fingerprint density at radius 3 is 2.72 bits per heavy atom. The summed E-state index contributed by atoms with van der Waals surface area (Å²) in [5.74, 6) is 0.851. The Morgan fingerprint density at radius 1 is 1.12 bits per heavy atom. The number of ether oxygens (including phenoxy) is 2. The summed E-state index contributed by atoms with van der Waals surface area (Å²) < 4.78 is 10.7. The van der Waals surface area contributed by atoms with Gasteiger partial charge >= 0.3 is 0 Å². The normalized spacial score (nSPS) is 20.6. The van der Waals surface area contributed by atoms with Crippen molar-refractivity contribution in [3.63, 3.8) is 0 Å². The maximum Gasteiger partial charge on any atom is 0.275 e. The van der Waals surface area contributed by atoms with Gasteiger partial charge in [-0.25, -0.2) is 5.01 Å². The number of aromatic amines is 1. The van der Waals surface area contributed by atoms with E-state index in [9.17, 15) is 9.59 Å². The lowest BCUT2D eigenvalue weighted by Crippen LogP contribution is -2.65. The molecule has 0 aliphatic carbocycles. The number of rotatable bonds is 4. The van der Waals surface area contributed by atoms with Gasteiger partial charge in [0.1, 0.15) is 18.0 Å². The number of H-pyrrole nitrogens is 1. The Balaban J connectivity index is 1.55. The first kappa shape index (κ1) is 20.1. The summed E-state index contributed by atoms with van der Waals surface area (Å²) in [6.45, 7) is 2.19. The number of amides is 2. The van der Waals surface area contributed by atoms with Crippen LogP contribution in [0.25, 0.3) is 10.9 Å². The lowest BCUT2D eigenvalue weighted by Gasteiger charge is -2.48. The molecule has 1 fully saturated rings. The highest BCUT2D eigenvalue weighted by atomic mass is 16.5. The fourth-order valence-electron chi connectivity index (χ4n) is 4.76. The monoisotopic (exact) mass is 432 g/mol. The highest BCUT2D eigenvalue weighted by molar-refractivity contribution is 6.01. The molecule has 0 spiro atoms. The van der Waals surface area contributed by atoms with E-state index >= 15 is 0 Å². The van der Waals surface area contributed by atoms with Gasteiger partial charge in [-0.05, 0) is 43.2 Å². The molecule has 3 aromatic rings. The standard InChI is InChI=1S/C24H24N4O4/c1-24-22-18(17-6-4-5-7-19(17)26-22)10-11-27(24)21(29)14-28(23(24)30)25-13-15-12-16(31-2)8-9-20(15)32-3/h4-9,12-13,26H,10-11,14H2,1-3H3/b25-13-/t24-/m1/s1. The van der Waals surface area contributed by atoms with Gasteiger partial charge in [-0.15, -0.1) is 0 Å². The highest BCUT2D eigenvalue weighted by Crippen LogP contribution is 2.42. The minimum Gasteiger partial charge on any atom is -0.497 e. The summed E-state index contributed by atoms with van der Waals surface area (Å²) in [6, 6.07) is 13.3. The zero-order valence-electron chi connectivity index (χ0n) is 18.2. The molecule has 0 radical (unpaired) electrons. The highest BCUT2D eigenvalue weighted by Gasteiger charge is 2.54. The number of piperazine rings is 1. The molecule has 1 aromatic heterocycles. The van der Waals surface area contributed by atoms with Gasteiger partial charge in [0, 0.05) is 23.0 Å². The van der Waals surface area contributed by atoms with Gasteiger partial charge in [0.15, 0.2) is 5.54 Å². The molecule has 164 valence electrons. The Bertz CT molecular complexity index is 1260. The van der Waals surface area contributed by atoms with E-state index in [-0.39, 0.29) is 18.4 Å². The Labute approximate surface area is 185 Å². The third-order valence-electron chi connectivity index (χ3n) is 6.44. The summed E-state index contributed by atoms with van der Waals surface area (Å²) in [4.78, 5) is 31.8. The lowest BCUT2D eigenvalue weighted by molar-refractivity contribution is -0.165. The number of fused-ring (bicyclic) bond motifs is 5. The molecule has 3 heterocycles. The third kappa shape index (κ3) is 2.86. The van der Waals surface area contributed by atoms with E-state index in [0.29, 0.717) is 30.0 Å². The average molecular weight is 432 g/mol. The summed E-state index contributed by atoms with van der Waals surface area (Å²) in [6.07, 6.45) is 2.23. The number of hydrogen-bond acceptors (Lipinski definition) is 5. The Kier molecular flexibility index (Phi) is 4.65. The van der Waals surface area contributed by atoms with Crippen LogP contribution >= 0.6 is 0 Å². The zero-order chi connectivity index (χ0) is 22.5. The number of carbonyl (C=O) groups excluding carboxylic acids is 2. The first-order valence-corrected chi connectivity index (χ1v) is 10.5. The maximum atomic E-state index is 13.7. The minimum absolute atomic E-state index is 0.104. The quantitative estimate of drug-likeness (QED) is 0.642. The lowest BCUT2D eigenvalue weighted by atomic mass is 9.83. The van der Waals surface area contributed by atoms with Crippen LogP contribution in [0, 0.1) is 0 Å². The van der Waals surface area contributed by atoms with E-state index in [1.807, 2.05) is 24.3 Å². The van der Waals surface area contributed by atoms with Gasteiger partial charge in [-0.3, -0.25) is 9.59 Å². The summed E-state index contributed by atoms with van der Waals surface area (Å²) in [7, 11) is 3.14. The van der Waals surface area contributed by atoms with Crippen LogP contribution in [-0.4, -0.2) is 60.2 Å². The molecule has 1 atom stereocenters. The van der Waals surface area contributed by atoms with Crippen LogP contribution in [0.4, 0.5) is 0 Å². The molecule has 0 saturated carbocycles. The van der Waals surface area contributed by atoms with E-state index in [1.54, 1.807) is 44.2 Å². The Morgan fingerprint density at radius 2 is 1.94 bits per heavy atom. The zero-order valence-corrected chi connectivity index (χ0v) is 18.2. The maximum absolute atomic E-state index is 13.7. The average Bonchev–Trinajstić information content (AvgIpc) is 3.20. The molecule has 1 N–H and O–H groups in total. The van der Waals surface area contributed by atoms with E-state index < -0.39 is 5.54 Å². The fourth-order valence-corrected chi connectivity index (χ4v) is 4.76. The molecular weight excluding hydrogens is 408 g/mol. The van der Waals surface area contributed by atoms with Crippen LogP contribution in [0.2, 0.25) is 0 Å². The van der Waals surface area contributed by atoms with Crippen molar-refractivity contribution in [3.05, 3.63) is 59.3 Å². The van der Waals surface area contributed by atoms with Crippen LogP contribution in [0.15, 0.2) is 47.6 Å². The number of hydrazone groups is 1. The fraction of sp³-hybridized carbons (Fsp3) is 0.292. The van der Waals surface area contributed by atoms with Gasteiger partial charge in [0.05, 0.1) is 26.1 Å². The van der Waals surface area contributed by atoms with Crippen LogP contribution in [0.3, 0.4) is 0 Å². The number of para-hydroxylation sites is 1. The second-order valence-corrected chi connectivity index (χ2v) is 8.11. The van der Waals surface area contributed by atoms with Crippen molar-refractivity contribution >= 4 is 28.9 Å². The molecule has 0 bridgehead atoms. The summed E-state index contributed by atoms with van der Waals surface area (Å²) >= 11 is 0. The number of aromatic nitrogens is 1. The van der Waals surface area contributed by atoms with Gasteiger partial charge in [0.25, 0.3) is 5.91 Å². The molecule has 8 nitrogen and oxygen atoms in total. The molecule has 2 aliphatic heterocycles. The number of benzene rings is 2. The summed E-state index contributed by atoms with van der Waals surface area (Å²) in [5, 5.41) is 6.73. The molecule has 5 rings (SSSR count). The number of methoxy groups -OCH3 is 2. The first-order valence-electron chi connectivity index (χ1n) is 10.5. The second kappa shape index (κ2) is 7.40. The van der Waals surface area contributed by atoms with Crippen LogP contribution in [0.1, 0.15) is 23.7 Å². The van der Waals surface area contributed by atoms with E-state index in [0.717, 1.165) is 22.2 Å².